The number of halogens is 1. The number of hydrogen-bond donors (Lipinski definition) is 2. The monoisotopic (exact) mass is 427 g/mol. The molecule has 1 atom stereocenters. The van der Waals surface area contributed by atoms with Gasteiger partial charge in [-0.3, -0.25) is 14.9 Å². The Morgan fingerprint density at radius 1 is 1.21 bits per heavy atom. The molecule has 3 N–H and O–H groups in total. The van der Waals surface area contributed by atoms with Gasteiger partial charge in [0, 0.05) is 16.8 Å². The largest absolute Gasteiger partial charge is 0.449 e. The van der Waals surface area contributed by atoms with Crippen LogP contribution in [0.25, 0.3) is 0 Å². The fourth-order valence-corrected chi connectivity index (χ4v) is 2.77. The average Bonchev–Trinajstić information content (AvgIpc) is 2.60. The van der Waals surface area contributed by atoms with Gasteiger partial charge in [0.25, 0.3) is 11.6 Å². The zero-order valence-electron chi connectivity index (χ0n) is 14.3. The summed E-state index contributed by atoms with van der Waals surface area (Å²) in [6.45, 7) is 1.27. The second kappa shape index (κ2) is 8.33. The number of ether oxygens (including phenoxy) is 1. The van der Waals surface area contributed by atoms with Gasteiger partial charge >= 0.3 is 5.97 Å². The van der Waals surface area contributed by atoms with Crippen molar-refractivity contribution in [2.24, 2.45) is 5.14 Å². The number of nitro benzene ring substituents is 1. The molecule has 10 nitrogen and oxygen atoms in total. The van der Waals surface area contributed by atoms with E-state index < -0.39 is 44.2 Å². The lowest BCUT2D eigenvalue weighted by Crippen LogP contribution is -2.30. The van der Waals surface area contributed by atoms with Crippen LogP contribution in [0.4, 0.5) is 11.4 Å². The van der Waals surface area contributed by atoms with Gasteiger partial charge in [-0.1, -0.05) is 11.6 Å². The molecule has 12 heteroatoms. The Bertz CT molecular complexity index is 1040. The SMILES string of the molecule is C[C@H](OC(=O)c1cc(Cl)ccc1[N+](=O)[O-])C(=O)Nc1ccc(S(N)(=O)=O)cc1. The maximum atomic E-state index is 12.2. The second-order valence-electron chi connectivity index (χ2n) is 5.52. The Morgan fingerprint density at radius 3 is 2.36 bits per heavy atom. The molecule has 0 aromatic heterocycles. The Balaban J connectivity index is 2.09. The molecule has 148 valence electrons. The average molecular weight is 428 g/mol. The zero-order chi connectivity index (χ0) is 21.1. The van der Waals surface area contributed by atoms with E-state index in [1.807, 2.05) is 0 Å². The van der Waals surface area contributed by atoms with E-state index in [0.717, 1.165) is 12.1 Å². The summed E-state index contributed by atoms with van der Waals surface area (Å²) in [5.41, 5.74) is -0.677. The van der Waals surface area contributed by atoms with E-state index in [2.05, 4.69) is 5.32 Å². The van der Waals surface area contributed by atoms with Crippen molar-refractivity contribution < 1.29 is 27.7 Å². The Hall–Kier alpha value is -3.02. The normalized spacial score (nSPS) is 12.1. The minimum Gasteiger partial charge on any atom is -0.449 e. The number of sulfonamides is 1. The highest BCUT2D eigenvalue weighted by Gasteiger charge is 2.26. The number of benzene rings is 2. The first-order valence-corrected chi connectivity index (χ1v) is 9.50. The molecular weight excluding hydrogens is 414 g/mol. The van der Waals surface area contributed by atoms with E-state index >= 15 is 0 Å². The topological polar surface area (TPSA) is 159 Å². The molecule has 0 saturated heterocycles. The number of nitrogens with two attached hydrogens (primary N) is 1. The highest BCUT2D eigenvalue weighted by Crippen LogP contribution is 2.24. The molecule has 0 radical (unpaired) electrons. The summed E-state index contributed by atoms with van der Waals surface area (Å²) in [5.74, 6) is -1.83. The van der Waals surface area contributed by atoms with Gasteiger partial charge in [0.1, 0.15) is 5.56 Å². The summed E-state index contributed by atoms with van der Waals surface area (Å²) in [6, 6.07) is 8.35. The van der Waals surface area contributed by atoms with Gasteiger partial charge in [-0.15, -0.1) is 0 Å². The number of primary sulfonamides is 1. The molecule has 0 unspecified atom stereocenters. The van der Waals surface area contributed by atoms with Crippen molar-refractivity contribution in [3.05, 3.63) is 63.2 Å². The van der Waals surface area contributed by atoms with Crippen LogP contribution in [0.2, 0.25) is 5.02 Å². The molecule has 0 saturated carbocycles. The van der Waals surface area contributed by atoms with Crippen LogP contribution in [0.3, 0.4) is 0 Å². The minimum atomic E-state index is -3.87. The van der Waals surface area contributed by atoms with Gasteiger partial charge in [0.15, 0.2) is 6.10 Å². The number of nitro groups is 1. The molecule has 0 spiro atoms. The van der Waals surface area contributed by atoms with Crippen LogP contribution in [0.5, 0.6) is 0 Å². The van der Waals surface area contributed by atoms with Crippen molar-refractivity contribution in [1.29, 1.82) is 0 Å². The number of nitrogens with zero attached hydrogens (tertiary/aromatic N) is 1. The van der Waals surface area contributed by atoms with Gasteiger partial charge in [-0.25, -0.2) is 18.4 Å². The summed E-state index contributed by atoms with van der Waals surface area (Å²) in [4.78, 5) is 34.5. The highest BCUT2D eigenvalue weighted by atomic mass is 35.5. The lowest BCUT2D eigenvalue weighted by atomic mass is 10.2. The number of nitrogens with one attached hydrogen (secondary N) is 1. The molecule has 2 rings (SSSR count). The van der Waals surface area contributed by atoms with Crippen molar-refractivity contribution in [3.63, 3.8) is 0 Å². The van der Waals surface area contributed by atoms with Crippen LogP contribution in [0, 0.1) is 10.1 Å². The predicted octanol–water partition coefficient (Wildman–Crippen LogP) is 2.08. The highest BCUT2D eigenvalue weighted by molar-refractivity contribution is 7.89. The third kappa shape index (κ3) is 5.25. The number of rotatable bonds is 6. The van der Waals surface area contributed by atoms with Crippen LogP contribution in [0.15, 0.2) is 47.4 Å². The van der Waals surface area contributed by atoms with Crippen molar-refractivity contribution in [3.8, 4) is 0 Å². The summed E-state index contributed by atoms with van der Waals surface area (Å²) < 4.78 is 27.4. The fourth-order valence-electron chi connectivity index (χ4n) is 2.08. The quantitative estimate of drug-likeness (QED) is 0.405. The molecule has 28 heavy (non-hydrogen) atoms. The van der Waals surface area contributed by atoms with Crippen molar-refractivity contribution in [1.82, 2.24) is 0 Å². The van der Waals surface area contributed by atoms with Crippen LogP contribution in [-0.2, 0) is 19.6 Å². The lowest BCUT2D eigenvalue weighted by molar-refractivity contribution is -0.385. The van der Waals surface area contributed by atoms with Gasteiger partial charge in [0.2, 0.25) is 10.0 Å². The fraction of sp³-hybridized carbons (Fsp3) is 0.125. The van der Waals surface area contributed by atoms with Crippen molar-refractivity contribution in [2.75, 3.05) is 5.32 Å². The first-order valence-electron chi connectivity index (χ1n) is 7.57. The molecule has 1 amide bonds. The minimum absolute atomic E-state index is 0.0876. The van der Waals surface area contributed by atoms with Gasteiger partial charge < -0.3 is 10.1 Å². The molecule has 0 fully saturated rings. The first kappa shape index (κ1) is 21.3. The van der Waals surface area contributed by atoms with E-state index in [9.17, 15) is 28.1 Å². The number of anilines is 1. The van der Waals surface area contributed by atoms with E-state index in [1.165, 1.54) is 37.3 Å². The van der Waals surface area contributed by atoms with Gasteiger partial charge in [-0.2, -0.15) is 0 Å². The van der Waals surface area contributed by atoms with E-state index in [0.29, 0.717) is 0 Å². The third-order valence-corrected chi connectivity index (χ3v) is 4.64. The Kier molecular flexibility index (Phi) is 6.33. The van der Waals surface area contributed by atoms with Crippen molar-refractivity contribution in [2.45, 2.75) is 17.9 Å². The van der Waals surface area contributed by atoms with Crippen LogP contribution < -0.4 is 10.5 Å². The number of esters is 1. The molecule has 0 heterocycles. The predicted molar refractivity (Wildman–Crippen MR) is 99.4 cm³/mol. The van der Waals surface area contributed by atoms with Gasteiger partial charge in [-0.05, 0) is 43.3 Å². The van der Waals surface area contributed by atoms with Crippen LogP contribution in [-0.4, -0.2) is 31.3 Å². The van der Waals surface area contributed by atoms with E-state index in [1.54, 1.807) is 0 Å². The summed E-state index contributed by atoms with van der Waals surface area (Å²) >= 11 is 5.76. The summed E-state index contributed by atoms with van der Waals surface area (Å²) in [7, 11) is -3.87. The molecule has 0 aliphatic carbocycles. The summed E-state index contributed by atoms with van der Waals surface area (Å²) in [5, 5.41) is 18.5. The number of hydrogen-bond acceptors (Lipinski definition) is 7. The number of carbonyl (C=O) groups is 2. The van der Waals surface area contributed by atoms with Crippen LogP contribution >= 0.6 is 11.6 Å². The number of amides is 1. The zero-order valence-corrected chi connectivity index (χ0v) is 15.9. The maximum Gasteiger partial charge on any atom is 0.345 e. The maximum absolute atomic E-state index is 12.2. The smallest absolute Gasteiger partial charge is 0.345 e. The molecule has 0 aliphatic rings. The molecule has 0 aliphatic heterocycles. The second-order valence-corrected chi connectivity index (χ2v) is 7.52. The lowest BCUT2D eigenvalue weighted by Gasteiger charge is -2.14. The Labute approximate surface area is 164 Å². The van der Waals surface area contributed by atoms with E-state index in [-0.39, 0.29) is 15.6 Å². The molecular formula is C16H14ClN3O7S. The summed E-state index contributed by atoms with van der Waals surface area (Å²) in [6.07, 6.45) is -1.30. The first-order chi connectivity index (χ1) is 13.0. The third-order valence-electron chi connectivity index (χ3n) is 3.48. The Morgan fingerprint density at radius 2 is 1.82 bits per heavy atom. The molecule has 2 aromatic rings. The van der Waals surface area contributed by atoms with Gasteiger partial charge in [0.05, 0.1) is 9.82 Å². The molecule has 2 aromatic carbocycles. The van der Waals surface area contributed by atoms with E-state index in [4.69, 9.17) is 21.5 Å². The number of carbonyl (C=O) groups excluding carboxylic acids is 2. The van der Waals surface area contributed by atoms with Crippen LogP contribution in [0.1, 0.15) is 17.3 Å². The standard InChI is InChI=1S/C16H14ClN3O7S/c1-9(15(21)19-11-3-5-12(6-4-11)28(18,25)26)27-16(22)13-8-10(17)2-7-14(13)20(23)24/h2-9H,1H3,(H,19,21)(H2,18,25,26)/t9-/m0/s1. The molecule has 0 bridgehead atoms. The van der Waals surface area contributed by atoms with Crippen molar-refractivity contribution >= 4 is 44.9 Å².